The second-order valence-electron chi connectivity index (χ2n) is 4.28. The molecule has 1 saturated heterocycles. The minimum absolute atomic E-state index is 0.00847. The van der Waals surface area contributed by atoms with Crippen LogP contribution in [-0.4, -0.2) is 38.7 Å². The number of piperidine rings is 1. The smallest absolute Gasteiger partial charge is 0.237 e. The Balaban J connectivity index is 1.86. The highest BCUT2D eigenvalue weighted by Crippen LogP contribution is 2.10. The van der Waals surface area contributed by atoms with Crippen LogP contribution in [0, 0.1) is 0 Å². The van der Waals surface area contributed by atoms with Gasteiger partial charge in [-0.15, -0.1) is 0 Å². The zero-order valence-corrected chi connectivity index (χ0v) is 9.79. The van der Waals surface area contributed by atoms with Gasteiger partial charge in [0.1, 0.15) is 0 Å². The van der Waals surface area contributed by atoms with Crippen molar-refractivity contribution in [1.29, 1.82) is 0 Å². The fourth-order valence-corrected chi connectivity index (χ4v) is 3.26. The van der Waals surface area contributed by atoms with Crippen LogP contribution in [0.15, 0.2) is 11.5 Å². The fraction of sp³-hybridized carbons (Fsp3) is 0.700. The molecule has 0 spiro atoms. The van der Waals surface area contributed by atoms with E-state index in [-0.39, 0.29) is 23.7 Å². The summed E-state index contributed by atoms with van der Waals surface area (Å²) < 4.78 is 22.3. The monoisotopic (exact) mass is 244 g/mol. The molecule has 2 aliphatic heterocycles. The van der Waals surface area contributed by atoms with Gasteiger partial charge in [-0.2, -0.15) is 0 Å². The zero-order valence-electron chi connectivity index (χ0n) is 8.98. The largest absolute Gasteiger partial charge is 0.347 e. The lowest BCUT2D eigenvalue weighted by Gasteiger charge is -2.23. The van der Waals surface area contributed by atoms with E-state index in [1.54, 1.807) is 0 Å². The molecule has 0 aliphatic carbocycles. The van der Waals surface area contributed by atoms with Crippen molar-refractivity contribution < 1.29 is 13.2 Å². The maximum absolute atomic E-state index is 11.8. The number of amides is 1. The van der Waals surface area contributed by atoms with E-state index in [1.807, 2.05) is 0 Å². The summed E-state index contributed by atoms with van der Waals surface area (Å²) in [6, 6.07) is -0.522. The van der Waals surface area contributed by atoms with Crippen LogP contribution in [-0.2, 0) is 14.6 Å². The predicted octanol–water partition coefficient (Wildman–Crippen LogP) is -0.445. The summed E-state index contributed by atoms with van der Waals surface area (Å²) in [6.07, 6.45) is 4.51. The van der Waals surface area contributed by atoms with Gasteiger partial charge < -0.3 is 10.6 Å². The molecule has 0 aromatic heterocycles. The van der Waals surface area contributed by atoms with E-state index < -0.39 is 9.84 Å². The van der Waals surface area contributed by atoms with Crippen molar-refractivity contribution >= 4 is 15.7 Å². The van der Waals surface area contributed by atoms with Crippen molar-refractivity contribution in [3.8, 4) is 0 Å². The van der Waals surface area contributed by atoms with E-state index in [0.29, 0.717) is 0 Å². The van der Waals surface area contributed by atoms with Crippen molar-refractivity contribution in [3.63, 3.8) is 0 Å². The summed E-state index contributed by atoms with van der Waals surface area (Å²) in [5, 5.41) is 7.04. The number of sulfone groups is 1. The van der Waals surface area contributed by atoms with Crippen LogP contribution in [0.25, 0.3) is 0 Å². The second kappa shape index (κ2) is 4.55. The molecule has 2 N–H and O–H groups in total. The highest BCUT2D eigenvalue weighted by Gasteiger charge is 2.26. The highest BCUT2D eigenvalue weighted by atomic mass is 32.2. The molecule has 5 nitrogen and oxygen atoms in total. The van der Waals surface area contributed by atoms with Crippen LogP contribution < -0.4 is 10.6 Å². The third-order valence-electron chi connectivity index (χ3n) is 2.88. The Labute approximate surface area is 95.2 Å². The lowest BCUT2D eigenvalue weighted by Crippen LogP contribution is -2.49. The first-order valence-corrected chi connectivity index (χ1v) is 7.23. The van der Waals surface area contributed by atoms with Crippen molar-refractivity contribution in [1.82, 2.24) is 10.6 Å². The molecule has 2 aliphatic rings. The molecule has 0 radical (unpaired) electrons. The standard InChI is InChI=1S/C10H16N2O3S/c13-10(9-3-1-2-5-11-9)12-8-4-6-16(14,15)7-8/h4,6,8-9,11H,1-3,5,7H2,(H,12,13)/t8?,9-/m0/s1. The van der Waals surface area contributed by atoms with Crippen molar-refractivity contribution in [3.05, 3.63) is 11.5 Å². The normalized spacial score (nSPS) is 32.5. The SMILES string of the molecule is O=C(NC1C=CS(=O)(=O)C1)[C@@H]1CCCCN1. The van der Waals surface area contributed by atoms with Gasteiger partial charge in [0.15, 0.2) is 9.84 Å². The van der Waals surface area contributed by atoms with E-state index >= 15 is 0 Å². The van der Waals surface area contributed by atoms with E-state index in [1.165, 1.54) is 11.5 Å². The minimum atomic E-state index is -3.09. The van der Waals surface area contributed by atoms with E-state index in [9.17, 15) is 13.2 Å². The summed E-state index contributed by atoms with van der Waals surface area (Å²) >= 11 is 0. The molecule has 2 heterocycles. The topological polar surface area (TPSA) is 75.3 Å². The molecule has 16 heavy (non-hydrogen) atoms. The van der Waals surface area contributed by atoms with E-state index in [0.717, 1.165) is 25.8 Å². The predicted molar refractivity (Wildman–Crippen MR) is 60.5 cm³/mol. The number of carbonyl (C=O) groups excluding carboxylic acids is 1. The number of nitrogens with one attached hydrogen (secondary N) is 2. The Morgan fingerprint density at radius 2 is 2.19 bits per heavy atom. The van der Waals surface area contributed by atoms with Crippen LogP contribution in [0.1, 0.15) is 19.3 Å². The summed E-state index contributed by atoms with van der Waals surface area (Å²) in [5.41, 5.74) is 0. The van der Waals surface area contributed by atoms with Gasteiger partial charge in [0.05, 0.1) is 17.8 Å². The molecule has 2 rings (SSSR count). The summed E-state index contributed by atoms with van der Waals surface area (Å²) in [5.74, 6) is -0.0997. The minimum Gasteiger partial charge on any atom is -0.347 e. The van der Waals surface area contributed by atoms with Gasteiger partial charge in [-0.25, -0.2) is 8.42 Å². The van der Waals surface area contributed by atoms with Gasteiger partial charge in [0.2, 0.25) is 5.91 Å². The maximum atomic E-state index is 11.8. The second-order valence-corrected chi connectivity index (χ2v) is 6.21. The molecular weight excluding hydrogens is 228 g/mol. The van der Waals surface area contributed by atoms with Gasteiger partial charge in [-0.1, -0.05) is 6.42 Å². The Hall–Kier alpha value is -0.880. The van der Waals surface area contributed by atoms with Crippen LogP contribution in [0.5, 0.6) is 0 Å². The quantitative estimate of drug-likeness (QED) is 0.690. The van der Waals surface area contributed by atoms with E-state index in [2.05, 4.69) is 10.6 Å². The van der Waals surface area contributed by atoms with Crippen molar-refractivity contribution in [2.45, 2.75) is 31.3 Å². The molecule has 0 aromatic carbocycles. The van der Waals surface area contributed by atoms with Gasteiger partial charge in [0, 0.05) is 5.41 Å². The Kier molecular flexibility index (Phi) is 3.30. The van der Waals surface area contributed by atoms with Gasteiger partial charge in [0.25, 0.3) is 0 Å². The fourth-order valence-electron chi connectivity index (χ4n) is 2.02. The van der Waals surface area contributed by atoms with Crippen LogP contribution in [0.4, 0.5) is 0 Å². The number of rotatable bonds is 2. The molecule has 1 fully saturated rings. The van der Waals surface area contributed by atoms with Crippen LogP contribution in [0.2, 0.25) is 0 Å². The van der Waals surface area contributed by atoms with Crippen LogP contribution >= 0.6 is 0 Å². The molecule has 1 amide bonds. The lowest BCUT2D eigenvalue weighted by atomic mass is 10.0. The lowest BCUT2D eigenvalue weighted by molar-refractivity contribution is -0.123. The Morgan fingerprint density at radius 1 is 1.38 bits per heavy atom. The molecule has 0 aromatic rings. The van der Waals surface area contributed by atoms with E-state index in [4.69, 9.17) is 0 Å². The number of carbonyl (C=O) groups is 1. The van der Waals surface area contributed by atoms with Gasteiger partial charge >= 0.3 is 0 Å². The first-order chi connectivity index (χ1) is 7.57. The molecule has 0 saturated carbocycles. The van der Waals surface area contributed by atoms with Gasteiger partial charge in [-0.3, -0.25) is 4.79 Å². The maximum Gasteiger partial charge on any atom is 0.237 e. The molecule has 2 atom stereocenters. The average molecular weight is 244 g/mol. The summed E-state index contributed by atoms with van der Waals surface area (Å²) in [6.45, 7) is 0.858. The first-order valence-electron chi connectivity index (χ1n) is 5.51. The highest BCUT2D eigenvalue weighted by molar-refractivity contribution is 7.94. The Bertz CT molecular complexity index is 396. The molecular formula is C10H16N2O3S. The average Bonchev–Trinajstić information content (AvgIpc) is 2.59. The summed E-state index contributed by atoms with van der Waals surface area (Å²) in [7, 11) is -3.09. The van der Waals surface area contributed by atoms with Gasteiger partial charge in [-0.05, 0) is 25.5 Å². The molecule has 1 unspecified atom stereocenters. The number of hydrogen-bond donors (Lipinski definition) is 2. The number of hydrogen-bond acceptors (Lipinski definition) is 4. The molecule has 0 bridgehead atoms. The Morgan fingerprint density at radius 3 is 2.75 bits per heavy atom. The third-order valence-corrected chi connectivity index (χ3v) is 4.28. The summed E-state index contributed by atoms with van der Waals surface area (Å²) in [4.78, 5) is 11.8. The molecule has 6 heteroatoms. The van der Waals surface area contributed by atoms with Crippen molar-refractivity contribution in [2.24, 2.45) is 0 Å². The molecule has 90 valence electrons. The first kappa shape index (κ1) is 11.6. The zero-order chi connectivity index (χ0) is 11.6. The van der Waals surface area contributed by atoms with Crippen molar-refractivity contribution in [2.75, 3.05) is 12.3 Å². The van der Waals surface area contributed by atoms with Crippen LogP contribution in [0.3, 0.4) is 0 Å². The third kappa shape index (κ3) is 2.82.